The zero-order chi connectivity index (χ0) is 13.5. The van der Waals surface area contributed by atoms with Crippen LogP contribution in [0.2, 0.25) is 0 Å². The van der Waals surface area contributed by atoms with Crippen molar-refractivity contribution in [1.82, 2.24) is 0 Å². The summed E-state index contributed by atoms with van der Waals surface area (Å²) in [6, 6.07) is 8.41. The molecular weight excluding hydrogens is 232 g/mol. The molecule has 0 aromatic heterocycles. The van der Waals surface area contributed by atoms with Gasteiger partial charge in [-0.05, 0) is 23.8 Å². The SMILES string of the molecule is COc1ccc(/C=C(/C#N)C(O)C#N)cc1OC. The van der Waals surface area contributed by atoms with E-state index in [4.69, 9.17) is 20.0 Å². The molecule has 1 rings (SSSR count). The topological polar surface area (TPSA) is 86.3 Å². The van der Waals surface area contributed by atoms with Gasteiger partial charge in [-0.3, -0.25) is 0 Å². The molecule has 0 heterocycles. The molecule has 1 aromatic rings. The van der Waals surface area contributed by atoms with E-state index in [0.717, 1.165) is 0 Å². The second kappa shape index (κ2) is 6.29. The van der Waals surface area contributed by atoms with E-state index < -0.39 is 6.10 Å². The molecule has 18 heavy (non-hydrogen) atoms. The van der Waals surface area contributed by atoms with Crippen LogP contribution in [0.1, 0.15) is 5.56 Å². The van der Waals surface area contributed by atoms with Gasteiger partial charge in [-0.15, -0.1) is 0 Å². The van der Waals surface area contributed by atoms with E-state index in [0.29, 0.717) is 17.1 Å². The Hall–Kier alpha value is -2.50. The molecule has 1 aromatic carbocycles. The molecule has 0 aliphatic carbocycles. The molecule has 1 N–H and O–H groups in total. The van der Waals surface area contributed by atoms with Crippen molar-refractivity contribution in [2.75, 3.05) is 14.2 Å². The van der Waals surface area contributed by atoms with Crippen LogP contribution in [0.5, 0.6) is 11.5 Å². The number of aliphatic hydroxyl groups is 1. The van der Waals surface area contributed by atoms with Crippen LogP contribution >= 0.6 is 0 Å². The molecule has 1 atom stereocenters. The molecule has 0 radical (unpaired) electrons. The Morgan fingerprint density at radius 1 is 1.28 bits per heavy atom. The Morgan fingerprint density at radius 3 is 2.44 bits per heavy atom. The van der Waals surface area contributed by atoms with Crippen LogP contribution < -0.4 is 9.47 Å². The van der Waals surface area contributed by atoms with Crippen molar-refractivity contribution in [3.8, 4) is 23.6 Å². The smallest absolute Gasteiger partial charge is 0.175 e. The van der Waals surface area contributed by atoms with Gasteiger partial charge < -0.3 is 14.6 Å². The largest absolute Gasteiger partial charge is 0.493 e. The van der Waals surface area contributed by atoms with Gasteiger partial charge >= 0.3 is 0 Å². The molecule has 0 amide bonds. The average molecular weight is 244 g/mol. The molecule has 0 saturated heterocycles. The summed E-state index contributed by atoms with van der Waals surface area (Å²) in [6.07, 6.45) is -0.00125. The molecule has 5 heteroatoms. The summed E-state index contributed by atoms with van der Waals surface area (Å²) >= 11 is 0. The lowest BCUT2D eigenvalue weighted by Gasteiger charge is -2.08. The number of aliphatic hydroxyl groups excluding tert-OH is 1. The molecule has 1 unspecified atom stereocenters. The van der Waals surface area contributed by atoms with E-state index >= 15 is 0 Å². The standard InChI is InChI=1S/C13H12N2O3/c1-17-12-4-3-9(6-13(12)18-2)5-10(7-14)11(16)8-15/h3-6,11,16H,1-2H3/b10-5-. The van der Waals surface area contributed by atoms with Crippen LogP contribution in [-0.4, -0.2) is 25.4 Å². The summed E-state index contributed by atoms with van der Waals surface area (Å²) in [5.74, 6) is 1.07. The zero-order valence-electron chi connectivity index (χ0n) is 10.0. The van der Waals surface area contributed by atoms with Gasteiger partial charge in [-0.1, -0.05) is 6.07 Å². The highest BCUT2D eigenvalue weighted by molar-refractivity contribution is 5.62. The summed E-state index contributed by atoms with van der Waals surface area (Å²) in [7, 11) is 3.02. The molecule has 92 valence electrons. The van der Waals surface area contributed by atoms with E-state index in [1.54, 1.807) is 30.3 Å². The quantitative estimate of drug-likeness (QED) is 0.640. The summed E-state index contributed by atoms with van der Waals surface area (Å²) in [5, 5.41) is 26.7. The van der Waals surface area contributed by atoms with E-state index in [1.807, 2.05) is 0 Å². The van der Waals surface area contributed by atoms with Gasteiger partial charge in [0.05, 0.1) is 31.9 Å². The zero-order valence-corrected chi connectivity index (χ0v) is 10.0. The average Bonchev–Trinajstić information content (AvgIpc) is 2.43. The molecule has 0 saturated carbocycles. The lowest BCUT2D eigenvalue weighted by atomic mass is 10.1. The fraction of sp³-hybridized carbons (Fsp3) is 0.231. The van der Waals surface area contributed by atoms with Crippen molar-refractivity contribution in [1.29, 1.82) is 10.5 Å². The Morgan fingerprint density at radius 2 is 1.94 bits per heavy atom. The van der Waals surface area contributed by atoms with Crippen LogP contribution in [0.15, 0.2) is 23.8 Å². The van der Waals surface area contributed by atoms with Gasteiger partial charge in [0.2, 0.25) is 0 Å². The van der Waals surface area contributed by atoms with Crippen molar-refractivity contribution in [2.45, 2.75) is 6.10 Å². The highest BCUT2D eigenvalue weighted by Gasteiger charge is 2.10. The van der Waals surface area contributed by atoms with Crippen LogP contribution in [0, 0.1) is 22.7 Å². The summed E-state index contributed by atoms with van der Waals surface area (Å²) in [6.45, 7) is 0. The third-order valence-corrected chi connectivity index (χ3v) is 2.28. The second-order valence-electron chi connectivity index (χ2n) is 3.36. The predicted molar refractivity (Wildman–Crippen MR) is 64.8 cm³/mol. The fourth-order valence-electron chi connectivity index (χ4n) is 1.36. The lowest BCUT2D eigenvalue weighted by molar-refractivity contribution is 0.271. The molecular formula is C13H12N2O3. The van der Waals surface area contributed by atoms with Gasteiger partial charge in [0.15, 0.2) is 17.6 Å². The first-order chi connectivity index (χ1) is 8.65. The van der Waals surface area contributed by atoms with Crippen molar-refractivity contribution in [2.24, 2.45) is 0 Å². The number of ether oxygens (including phenoxy) is 2. The summed E-state index contributed by atoms with van der Waals surface area (Å²) < 4.78 is 10.2. The van der Waals surface area contributed by atoms with E-state index in [9.17, 15) is 5.11 Å². The van der Waals surface area contributed by atoms with Crippen molar-refractivity contribution < 1.29 is 14.6 Å². The highest BCUT2D eigenvalue weighted by atomic mass is 16.5. The number of nitriles is 2. The number of nitrogens with zero attached hydrogens (tertiary/aromatic N) is 2. The Labute approximate surface area is 105 Å². The minimum Gasteiger partial charge on any atom is -0.493 e. The number of rotatable bonds is 4. The maximum atomic E-state index is 9.30. The van der Waals surface area contributed by atoms with Crippen LogP contribution in [0.4, 0.5) is 0 Å². The van der Waals surface area contributed by atoms with E-state index in [1.165, 1.54) is 20.3 Å². The first kappa shape index (κ1) is 13.6. The molecule has 0 spiro atoms. The second-order valence-corrected chi connectivity index (χ2v) is 3.36. The van der Waals surface area contributed by atoms with Gasteiger partial charge in [0.25, 0.3) is 0 Å². The predicted octanol–water partition coefficient (Wildman–Crippen LogP) is 1.50. The van der Waals surface area contributed by atoms with Gasteiger partial charge in [0.1, 0.15) is 0 Å². The summed E-state index contributed by atoms with van der Waals surface area (Å²) in [5.41, 5.74) is 0.614. The molecule has 0 fully saturated rings. The Bertz CT molecular complexity index is 538. The van der Waals surface area contributed by atoms with Crippen molar-refractivity contribution >= 4 is 6.08 Å². The van der Waals surface area contributed by atoms with E-state index in [-0.39, 0.29) is 5.57 Å². The van der Waals surface area contributed by atoms with Crippen LogP contribution in [0.3, 0.4) is 0 Å². The number of benzene rings is 1. The minimum atomic E-state index is -1.43. The normalized spacial score (nSPS) is 12.2. The van der Waals surface area contributed by atoms with Gasteiger partial charge in [-0.25, -0.2) is 0 Å². The molecule has 0 aliphatic heterocycles. The molecule has 0 aliphatic rings. The van der Waals surface area contributed by atoms with E-state index in [2.05, 4.69) is 0 Å². The number of methoxy groups -OCH3 is 2. The maximum Gasteiger partial charge on any atom is 0.175 e. The van der Waals surface area contributed by atoms with Gasteiger partial charge in [-0.2, -0.15) is 10.5 Å². The highest BCUT2D eigenvalue weighted by Crippen LogP contribution is 2.28. The first-order valence-electron chi connectivity index (χ1n) is 5.07. The third-order valence-electron chi connectivity index (χ3n) is 2.28. The van der Waals surface area contributed by atoms with Crippen molar-refractivity contribution in [3.63, 3.8) is 0 Å². The minimum absolute atomic E-state index is 0.0234. The third kappa shape index (κ3) is 3.00. The van der Waals surface area contributed by atoms with Crippen LogP contribution in [-0.2, 0) is 0 Å². The molecule has 5 nitrogen and oxygen atoms in total. The van der Waals surface area contributed by atoms with Crippen molar-refractivity contribution in [3.05, 3.63) is 29.3 Å². The van der Waals surface area contributed by atoms with Gasteiger partial charge in [0, 0.05) is 0 Å². The maximum absolute atomic E-state index is 9.30. The molecule has 0 bridgehead atoms. The number of hydrogen-bond donors (Lipinski definition) is 1. The fourth-order valence-corrected chi connectivity index (χ4v) is 1.36. The number of hydrogen-bond acceptors (Lipinski definition) is 5. The Kier molecular flexibility index (Phi) is 4.74. The van der Waals surface area contributed by atoms with Crippen LogP contribution in [0.25, 0.3) is 6.08 Å². The monoisotopic (exact) mass is 244 g/mol. The Balaban J connectivity index is 3.16. The first-order valence-corrected chi connectivity index (χ1v) is 5.07. The summed E-state index contributed by atoms with van der Waals surface area (Å²) in [4.78, 5) is 0. The lowest BCUT2D eigenvalue weighted by Crippen LogP contribution is -2.04.